The number of amides is 1. The fourth-order valence-electron chi connectivity index (χ4n) is 3.60. The minimum absolute atomic E-state index is 0.0704. The van der Waals surface area contributed by atoms with Gasteiger partial charge in [-0.3, -0.25) is 9.69 Å². The number of methoxy groups -OCH3 is 1. The molecule has 1 aromatic heterocycles. The van der Waals surface area contributed by atoms with E-state index in [0.717, 1.165) is 42.6 Å². The summed E-state index contributed by atoms with van der Waals surface area (Å²) in [6, 6.07) is 8.22. The first kappa shape index (κ1) is 14.1. The number of ether oxygens (including phenoxy) is 1. The smallest absolute Gasteiger partial charge is 0.274 e. The molecule has 116 valence electrons. The van der Waals surface area contributed by atoms with Gasteiger partial charge >= 0.3 is 0 Å². The normalized spacial score (nSPS) is 28.0. The largest absolute Gasteiger partial charge is 0.366 e. The fraction of sp³-hybridized carbons (Fsp3) is 0.500. The molecule has 5 rings (SSSR count). The summed E-state index contributed by atoms with van der Waals surface area (Å²) in [5.41, 5.74) is 0.606. The number of piperidine rings is 1. The summed E-state index contributed by atoms with van der Waals surface area (Å²) < 4.78 is 11.1. The van der Waals surface area contributed by atoms with E-state index in [1.165, 1.54) is 11.5 Å². The van der Waals surface area contributed by atoms with E-state index in [-0.39, 0.29) is 18.2 Å². The Morgan fingerprint density at radius 3 is 3.05 bits per heavy atom. The first-order chi connectivity index (χ1) is 10.8. The molecule has 6 heteroatoms. The zero-order chi connectivity index (χ0) is 15.1. The lowest BCUT2D eigenvalue weighted by Gasteiger charge is -2.36. The van der Waals surface area contributed by atoms with Gasteiger partial charge in [-0.1, -0.05) is 18.2 Å². The van der Waals surface area contributed by atoms with Gasteiger partial charge in [0.1, 0.15) is 11.9 Å². The van der Waals surface area contributed by atoms with E-state index < -0.39 is 0 Å². The Morgan fingerprint density at radius 2 is 2.18 bits per heavy atom. The van der Waals surface area contributed by atoms with Crippen LogP contribution in [-0.2, 0) is 4.74 Å². The molecule has 1 amide bonds. The lowest BCUT2D eigenvalue weighted by Crippen LogP contribution is -2.46. The van der Waals surface area contributed by atoms with Crippen LogP contribution in [0.1, 0.15) is 23.3 Å². The number of nitrogens with zero attached hydrogens (tertiary/aromatic N) is 3. The van der Waals surface area contributed by atoms with E-state index in [0.29, 0.717) is 5.69 Å². The quantitative estimate of drug-likeness (QED) is 0.852. The SMILES string of the molecule is COC1CC2CCN1CCN2C(=O)c1nsc2ccccc12. The van der Waals surface area contributed by atoms with E-state index >= 15 is 0 Å². The van der Waals surface area contributed by atoms with Crippen molar-refractivity contribution in [2.24, 2.45) is 0 Å². The molecule has 3 aliphatic heterocycles. The summed E-state index contributed by atoms with van der Waals surface area (Å²) in [6.07, 6.45) is 2.06. The van der Waals surface area contributed by atoms with Crippen LogP contribution >= 0.6 is 11.5 Å². The summed E-state index contributed by atoms with van der Waals surface area (Å²) in [5, 5.41) is 0.972. The zero-order valence-electron chi connectivity index (χ0n) is 12.6. The summed E-state index contributed by atoms with van der Waals surface area (Å²) in [7, 11) is 1.76. The number of hydrogen-bond donors (Lipinski definition) is 0. The Hall–Kier alpha value is -1.50. The van der Waals surface area contributed by atoms with Crippen molar-refractivity contribution in [1.82, 2.24) is 14.2 Å². The highest BCUT2D eigenvalue weighted by Gasteiger charge is 2.38. The van der Waals surface area contributed by atoms with E-state index in [1.54, 1.807) is 7.11 Å². The predicted molar refractivity (Wildman–Crippen MR) is 86.0 cm³/mol. The number of rotatable bonds is 2. The van der Waals surface area contributed by atoms with Crippen LogP contribution in [0.15, 0.2) is 24.3 Å². The third-order valence-corrected chi connectivity index (χ3v) is 5.64. The molecule has 3 atom stereocenters. The van der Waals surface area contributed by atoms with Crippen molar-refractivity contribution in [3.63, 3.8) is 0 Å². The molecule has 3 unspecified atom stereocenters. The standard InChI is InChI=1S/C16H19N3O2S/c1-21-14-10-11-6-7-18(14)8-9-19(11)16(20)15-12-4-2-3-5-13(12)22-17-15/h2-5,11,14H,6-10H2,1H3. The highest BCUT2D eigenvalue weighted by molar-refractivity contribution is 7.13. The van der Waals surface area contributed by atoms with Crippen molar-refractivity contribution in [3.8, 4) is 0 Å². The molecule has 5 nitrogen and oxygen atoms in total. The number of carbonyl (C=O) groups excluding carboxylic acids is 1. The molecule has 0 N–H and O–H groups in total. The van der Waals surface area contributed by atoms with E-state index in [4.69, 9.17) is 4.74 Å². The Morgan fingerprint density at radius 1 is 1.32 bits per heavy atom. The maximum Gasteiger partial charge on any atom is 0.274 e. The minimum atomic E-state index is 0.0704. The van der Waals surface area contributed by atoms with Crippen molar-refractivity contribution in [1.29, 1.82) is 0 Å². The van der Waals surface area contributed by atoms with Crippen LogP contribution in [0.25, 0.3) is 10.1 Å². The first-order valence-electron chi connectivity index (χ1n) is 7.70. The Bertz CT molecular complexity index is 702. The average molecular weight is 317 g/mol. The van der Waals surface area contributed by atoms with Crippen LogP contribution in [-0.4, -0.2) is 59.1 Å². The third kappa shape index (κ3) is 2.22. The second-order valence-corrected chi connectivity index (χ2v) is 6.74. The van der Waals surface area contributed by atoms with Crippen LogP contribution in [0.3, 0.4) is 0 Å². The molecule has 0 aliphatic carbocycles. The molecule has 2 bridgehead atoms. The fourth-order valence-corrected chi connectivity index (χ4v) is 4.37. The van der Waals surface area contributed by atoms with Gasteiger partial charge in [-0.15, -0.1) is 0 Å². The van der Waals surface area contributed by atoms with Crippen molar-refractivity contribution in [2.45, 2.75) is 25.1 Å². The van der Waals surface area contributed by atoms with Crippen LogP contribution in [0.2, 0.25) is 0 Å². The van der Waals surface area contributed by atoms with Gasteiger partial charge in [0.05, 0.1) is 4.70 Å². The van der Waals surface area contributed by atoms with Gasteiger partial charge in [-0.05, 0) is 24.0 Å². The Balaban J connectivity index is 1.65. The molecule has 2 aromatic rings. The van der Waals surface area contributed by atoms with Crippen molar-refractivity contribution in [3.05, 3.63) is 30.0 Å². The van der Waals surface area contributed by atoms with Crippen molar-refractivity contribution < 1.29 is 9.53 Å². The summed E-state index contributed by atoms with van der Waals surface area (Å²) in [5.74, 6) is 0.0704. The molecule has 4 heterocycles. The second-order valence-electron chi connectivity index (χ2n) is 5.93. The van der Waals surface area contributed by atoms with Gasteiger partial charge in [0.25, 0.3) is 5.91 Å². The van der Waals surface area contributed by atoms with E-state index in [2.05, 4.69) is 9.27 Å². The van der Waals surface area contributed by atoms with Crippen molar-refractivity contribution in [2.75, 3.05) is 26.7 Å². The molecule has 0 spiro atoms. The summed E-state index contributed by atoms with van der Waals surface area (Å²) in [6.45, 7) is 2.64. The maximum absolute atomic E-state index is 13.0. The number of benzene rings is 1. The summed E-state index contributed by atoms with van der Waals surface area (Å²) in [4.78, 5) is 17.4. The van der Waals surface area contributed by atoms with Gasteiger partial charge in [-0.25, -0.2) is 0 Å². The Labute approximate surface area is 133 Å². The summed E-state index contributed by atoms with van der Waals surface area (Å²) >= 11 is 1.40. The molecule has 3 aliphatic rings. The van der Waals surface area contributed by atoms with Gasteiger partial charge in [0.2, 0.25) is 0 Å². The molecular weight excluding hydrogens is 298 g/mol. The molecule has 1 aromatic carbocycles. The maximum atomic E-state index is 13.0. The first-order valence-corrected chi connectivity index (χ1v) is 8.47. The molecular formula is C16H19N3O2S. The highest BCUT2D eigenvalue weighted by atomic mass is 32.1. The molecule has 22 heavy (non-hydrogen) atoms. The van der Waals surface area contributed by atoms with Gasteiger partial charge in [-0.2, -0.15) is 4.37 Å². The minimum Gasteiger partial charge on any atom is -0.366 e. The lowest BCUT2D eigenvalue weighted by atomic mass is 10.0. The van der Waals surface area contributed by atoms with Gasteiger partial charge in [0.15, 0.2) is 0 Å². The van der Waals surface area contributed by atoms with Crippen LogP contribution in [0.5, 0.6) is 0 Å². The third-order valence-electron chi connectivity index (χ3n) is 4.81. The Kier molecular flexibility index (Phi) is 3.60. The predicted octanol–water partition coefficient (Wildman–Crippen LogP) is 2.19. The average Bonchev–Trinajstić information content (AvgIpc) is 2.78. The topological polar surface area (TPSA) is 45.7 Å². The van der Waals surface area contributed by atoms with Gasteiger partial charge < -0.3 is 9.64 Å². The molecule has 0 radical (unpaired) electrons. The number of fused-ring (bicyclic) bond motifs is 5. The molecule has 3 saturated heterocycles. The van der Waals surface area contributed by atoms with Crippen LogP contribution in [0.4, 0.5) is 0 Å². The monoisotopic (exact) mass is 317 g/mol. The molecule has 0 saturated carbocycles. The highest BCUT2D eigenvalue weighted by Crippen LogP contribution is 2.29. The van der Waals surface area contributed by atoms with Gasteiger partial charge in [0, 0.05) is 44.6 Å². The van der Waals surface area contributed by atoms with E-state index in [9.17, 15) is 4.79 Å². The zero-order valence-corrected chi connectivity index (χ0v) is 13.4. The lowest BCUT2D eigenvalue weighted by molar-refractivity contribution is -0.0534. The molecule has 3 fully saturated rings. The number of aromatic nitrogens is 1. The van der Waals surface area contributed by atoms with Crippen molar-refractivity contribution >= 4 is 27.5 Å². The van der Waals surface area contributed by atoms with E-state index in [1.807, 2.05) is 29.2 Å². The number of hydrogen-bond acceptors (Lipinski definition) is 5. The van der Waals surface area contributed by atoms with Crippen LogP contribution < -0.4 is 0 Å². The van der Waals surface area contributed by atoms with Crippen LogP contribution in [0, 0.1) is 0 Å². The second kappa shape index (κ2) is 5.61. The number of carbonyl (C=O) groups is 1.